The van der Waals surface area contributed by atoms with Gasteiger partial charge in [0, 0.05) is 5.41 Å². The highest BCUT2D eigenvalue weighted by Gasteiger charge is 2.65. The van der Waals surface area contributed by atoms with Crippen LogP contribution in [0.25, 0.3) is 0 Å². The van der Waals surface area contributed by atoms with E-state index in [1.807, 2.05) is 13.8 Å². The zero-order chi connectivity index (χ0) is 17.8. The lowest BCUT2D eigenvalue weighted by Crippen LogP contribution is -2.61. The van der Waals surface area contributed by atoms with E-state index < -0.39 is 11.2 Å². The summed E-state index contributed by atoms with van der Waals surface area (Å²) < 4.78 is 11.6. The quantitative estimate of drug-likeness (QED) is 0.616. The average molecular weight is 336 g/mol. The van der Waals surface area contributed by atoms with Crippen LogP contribution in [0.2, 0.25) is 0 Å². The molecule has 0 amide bonds. The van der Waals surface area contributed by atoms with Gasteiger partial charge in [0.1, 0.15) is 0 Å². The molecule has 136 valence electrons. The molecule has 1 N–H and O–H groups in total. The predicted octanol–water partition coefficient (Wildman–Crippen LogP) is 3.76. The minimum atomic E-state index is -0.651. The van der Waals surface area contributed by atoms with Crippen LogP contribution in [0.5, 0.6) is 0 Å². The Balaban J connectivity index is 1.98. The van der Waals surface area contributed by atoms with Crippen LogP contribution in [0.15, 0.2) is 11.6 Å². The lowest BCUT2D eigenvalue weighted by atomic mass is 9.49. The first kappa shape index (κ1) is 17.9. The first-order valence-electron chi connectivity index (χ1n) is 9.25. The van der Waals surface area contributed by atoms with Gasteiger partial charge in [0.25, 0.3) is 0 Å². The average Bonchev–Trinajstić information content (AvgIpc) is 2.83. The molecule has 1 heterocycles. The molecular formula is C20H32O4. The van der Waals surface area contributed by atoms with Gasteiger partial charge in [-0.2, -0.15) is 0 Å². The zero-order valence-electron chi connectivity index (χ0n) is 15.8. The van der Waals surface area contributed by atoms with Gasteiger partial charge >= 0.3 is 5.97 Å². The number of methoxy groups -OCH3 is 1. The summed E-state index contributed by atoms with van der Waals surface area (Å²) in [4.78, 5) is 11.8. The minimum absolute atomic E-state index is 0.0958. The number of ether oxygens (including phenoxy) is 2. The van der Waals surface area contributed by atoms with Crippen molar-refractivity contribution in [2.24, 2.45) is 11.3 Å². The molecule has 1 saturated heterocycles. The minimum Gasteiger partial charge on any atom is -0.469 e. The van der Waals surface area contributed by atoms with E-state index in [9.17, 15) is 9.90 Å². The summed E-state index contributed by atoms with van der Waals surface area (Å²) in [5, 5.41) is 11.0. The Kier molecular flexibility index (Phi) is 4.16. The molecule has 4 nitrogen and oxygen atoms in total. The molecule has 1 spiro atoms. The first-order valence-corrected chi connectivity index (χ1v) is 9.25. The van der Waals surface area contributed by atoms with E-state index in [0.29, 0.717) is 0 Å². The van der Waals surface area contributed by atoms with Crippen LogP contribution in [0, 0.1) is 11.3 Å². The van der Waals surface area contributed by atoms with Gasteiger partial charge in [0.05, 0.1) is 30.3 Å². The van der Waals surface area contributed by atoms with Gasteiger partial charge in [-0.1, -0.05) is 13.0 Å². The van der Waals surface area contributed by atoms with Crippen molar-refractivity contribution >= 4 is 5.97 Å². The van der Waals surface area contributed by atoms with E-state index in [-0.39, 0.29) is 29.3 Å². The summed E-state index contributed by atoms with van der Waals surface area (Å²) >= 11 is 0. The van der Waals surface area contributed by atoms with Crippen LogP contribution >= 0.6 is 0 Å². The van der Waals surface area contributed by atoms with Crippen LogP contribution in [0.4, 0.5) is 0 Å². The second-order valence-electron chi connectivity index (χ2n) is 8.94. The van der Waals surface area contributed by atoms with E-state index >= 15 is 0 Å². The van der Waals surface area contributed by atoms with Crippen LogP contribution < -0.4 is 0 Å². The lowest BCUT2D eigenvalue weighted by molar-refractivity contribution is -0.209. The molecule has 0 unspecified atom stereocenters. The fraction of sp³-hybridized carbons (Fsp3) is 0.850. The summed E-state index contributed by atoms with van der Waals surface area (Å²) in [7, 11) is 1.43. The van der Waals surface area contributed by atoms with E-state index in [1.165, 1.54) is 12.7 Å². The van der Waals surface area contributed by atoms with E-state index in [2.05, 4.69) is 19.9 Å². The maximum atomic E-state index is 11.8. The maximum Gasteiger partial charge on any atom is 0.308 e. The number of rotatable bonds is 2. The lowest BCUT2D eigenvalue weighted by Gasteiger charge is -2.60. The summed E-state index contributed by atoms with van der Waals surface area (Å²) in [5.41, 5.74) is -0.337. The number of carbonyl (C=O) groups is 1. The molecule has 3 rings (SSSR count). The molecule has 0 aromatic carbocycles. The van der Waals surface area contributed by atoms with Gasteiger partial charge in [0.2, 0.25) is 0 Å². The SMILES string of the molecule is COC(=O)C[C@]1(C)CC[C@@]2(O1)C(C)=CC[C@@H]1[C@]2(C)CCC[C@@]1(C)O. The molecule has 5 atom stereocenters. The Labute approximate surface area is 145 Å². The van der Waals surface area contributed by atoms with Crippen molar-refractivity contribution < 1.29 is 19.4 Å². The van der Waals surface area contributed by atoms with Crippen LogP contribution in [0.1, 0.15) is 72.6 Å². The van der Waals surface area contributed by atoms with Gasteiger partial charge in [-0.05, 0) is 70.8 Å². The van der Waals surface area contributed by atoms with Crippen molar-refractivity contribution in [3.05, 3.63) is 11.6 Å². The monoisotopic (exact) mass is 336 g/mol. The Hall–Kier alpha value is -0.870. The van der Waals surface area contributed by atoms with Gasteiger partial charge < -0.3 is 14.6 Å². The normalized spacial score (nSPS) is 48.1. The molecule has 2 aliphatic carbocycles. The third kappa shape index (κ3) is 2.45. The highest BCUT2D eigenvalue weighted by molar-refractivity contribution is 5.70. The van der Waals surface area contributed by atoms with Crippen molar-refractivity contribution in [3.8, 4) is 0 Å². The molecule has 0 bridgehead atoms. The van der Waals surface area contributed by atoms with Crippen molar-refractivity contribution in [2.45, 2.75) is 89.4 Å². The zero-order valence-corrected chi connectivity index (χ0v) is 15.8. The fourth-order valence-corrected chi connectivity index (χ4v) is 5.90. The summed E-state index contributed by atoms with van der Waals surface area (Å²) in [6, 6.07) is 0. The molecule has 0 aromatic rings. The predicted molar refractivity (Wildman–Crippen MR) is 92.5 cm³/mol. The number of hydrogen-bond donors (Lipinski definition) is 1. The molecular weight excluding hydrogens is 304 g/mol. The van der Waals surface area contributed by atoms with Gasteiger partial charge in [-0.15, -0.1) is 0 Å². The first-order chi connectivity index (χ1) is 11.1. The van der Waals surface area contributed by atoms with Crippen molar-refractivity contribution in [3.63, 3.8) is 0 Å². The highest BCUT2D eigenvalue weighted by Crippen LogP contribution is 2.64. The number of aliphatic hydroxyl groups is 1. The summed E-state index contributed by atoms with van der Waals surface area (Å²) in [5.74, 6) is -0.0211. The van der Waals surface area contributed by atoms with Crippen molar-refractivity contribution in [2.75, 3.05) is 7.11 Å². The Bertz CT molecular complexity index is 566. The highest BCUT2D eigenvalue weighted by atomic mass is 16.5. The number of hydrogen-bond acceptors (Lipinski definition) is 4. The molecule has 0 aromatic heterocycles. The van der Waals surface area contributed by atoms with Crippen LogP contribution in [-0.4, -0.2) is 35.0 Å². The third-order valence-electron chi connectivity index (χ3n) is 7.29. The second-order valence-corrected chi connectivity index (χ2v) is 8.94. The second kappa shape index (κ2) is 5.57. The Morgan fingerprint density at radius 1 is 1.29 bits per heavy atom. The molecule has 24 heavy (non-hydrogen) atoms. The van der Waals surface area contributed by atoms with Gasteiger partial charge in [0.15, 0.2) is 0 Å². The van der Waals surface area contributed by atoms with Crippen LogP contribution in [-0.2, 0) is 14.3 Å². The van der Waals surface area contributed by atoms with Crippen molar-refractivity contribution in [1.29, 1.82) is 0 Å². The largest absolute Gasteiger partial charge is 0.469 e. The summed E-state index contributed by atoms with van der Waals surface area (Å²) in [6.07, 6.45) is 8.15. The molecule has 0 radical (unpaired) electrons. The number of allylic oxidation sites excluding steroid dienone is 1. The van der Waals surface area contributed by atoms with Crippen LogP contribution in [0.3, 0.4) is 0 Å². The Morgan fingerprint density at radius 3 is 2.67 bits per heavy atom. The molecule has 3 aliphatic rings. The molecule has 1 saturated carbocycles. The maximum absolute atomic E-state index is 11.8. The van der Waals surface area contributed by atoms with Gasteiger partial charge in [-0.25, -0.2) is 0 Å². The van der Waals surface area contributed by atoms with Gasteiger partial charge in [-0.3, -0.25) is 4.79 Å². The van der Waals surface area contributed by atoms with E-state index in [1.54, 1.807) is 0 Å². The number of fused-ring (bicyclic) bond motifs is 2. The standard InChI is InChI=1S/C20H32O4/c1-14-7-8-15-18(3,9-6-10-19(15,4)22)20(14)12-11-17(2,24-20)13-16(21)23-5/h7,15,22H,6,8-13H2,1-5H3/t15-,17+,18+,19-,20-/m1/s1. The van der Waals surface area contributed by atoms with E-state index in [0.717, 1.165) is 38.5 Å². The third-order valence-corrected chi connectivity index (χ3v) is 7.29. The fourth-order valence-electron chi connectivity index (χ4n) is 5.90. The number of esters is 1. The molecule has 1 aliphatic heterocycles. The topological polar surface area (TPSA) is 55.8 Å². The van der Waals surface area contributed by atoms with Crippen molar-refractivity contribution in [1.82, 2.24) is 0 Å². The molecule has 4 heteroatoms. The molecule has 2 fully saturated rings. The Morgan fingerprint density at radius 2 is 2.00 bits per heavy atom. The van der Waals surface area contributed by atoms with E-state index in [4.69, 9.17) is 9.47 Å². The number of carbonyl (C=O) groups excluding carboxylic acids is 1. The smallest absolute Gasteiger partial charge is 0.308 e. The summed E-state index contributed by atoms with van der Waals surface area (Å²) in [6.45, 7) is 8.47.